The Hall–Kier alpha value is -0.632. The van der Waals surface area contributed by atoms with Crippen LogP contribution in [-0.2, 0) is 21.1 Å². The SMILES string of the molecule is C.C.C.C.C.C#C.C#CC.CC.CC.CC.CC.CC#CC.CCC.CCC.CCC.CCC.[CH3-].[CH3-].[CH3-].[CH3-].[Pt+4]. The van der Waals surface area contributed by atoms with Crippen LogP contribution in [0.25, 0.3) is 0 Å². The molecular formula is C38H100Pt. The van der Waals surface area contributed by atoms with Crippen molar-refractivity contribution in [2.24, 2.45) is 0 Å². The van der Waals surface area contributed by atoms with Gasteiger partial charge >= 0.3 is 21.1 Å². The van der Waals surface area contributed by atoms with Crippen LogP contribution in [0.2, 0.25) is 0 Å². The van der Waals surface area contributed by atoms with Gasteiger partial charge in [0.15, 0.2) is 0 Å². The Morgan fingerprint density at radius 2 is 0.410 bits per heavy atom. The van der Waals surface area contributed by atoms with Gasteiger partial charge in [-0.3, -0.25) is 0 Å². The van der Waals surface area contributed by atoms with Gasteiger partial charge in [0.25, 0.3) is 0 Å². The molecule has 0 N–H and O–H groups in total. The molecule has 0 saturated heterocycles. The van der Waals surface area contributed by atoms with Crippen molar-refractivity contribution in [3.05, 3.63) is 29.7 Å². The van der Waals surface area contributed by atoms with Crippen molar-refractivity contribution in [3.63, 3.8) is 0 Å². The minimum atomic E-state index is 0. The smallest absolute Gasteiger partial charge is 0.358 e. The Morgan fingerprint density at radius 1 is 0.385 bits per heavy atom. The maximum absolute atomic E-state index is 4.60. The Kier molecular flexibility index (Phi) is 5550. The first-order valence-corrected chi connectivity index (χ1v) is 12.0. The van der Waals surface area contributed by atoms with E-state index in [4.69, 9.17) is 0 Å². The van der Waals surface area contributed by atoms with Crippen LogP contribution in [0.1, 0.15) is 194 Å². The number of hydrogen-bond acceptors (Lipinski definition) is 0. The molecule has 0 rings (SSSR count). The van der Waals surface area contributed by atoms with Gasteiger partial charge in [-0.05, 0) is 20.8 Å². The molecule has 0 amide bonds. The predicted octanol–water partition coefficient (Wildman–Crippen LogP) is 16.7. The molecule has 0 radical (unpaired) electrons. The van der Waals surface area contributed by atoms with E-state index in [2.05, 4.69) is 92.4 Å². The van der Waals surface area contributed by atoms with E-state index in [1.165, 1.54) is 25.7 Å². The Morgan fingerprint density at radius 3 is 0.410 bits per heavy atom. The first-order valence-electron chi connectivity index (χ1n) is 12.0. The van der Waals surface area contributed by atoms with Gasteiger partial charge in [-0.2, -0.15) is 0 Å². The van der Waals surface area contributed by atoms with Gasteiger partial charge in [0.1, 0.15) is 0 Å². The standard InChI is InChI=1S/C4H6.4C3H8.C3H4.4C2H6.C2H2.5CH4.4CH3.Pt/c1-3-4-2;5*1-3-2;5*1-2;;;;;;;;;;/h1-2H3;4*3H2,1-2H3;1H,2H3;4*1-2H3;1-2H;5*1H4;4*1H3;/q;;;;;;;;;;;;;;;;4*-1;+4. The van der Waals surface area contributed by atoms with E-state index in [0.29, 0.717) is 0 Å². The summed E-state index contributed by atoms with van der Waals surface area (Å²) in [5.41, 5.74) is 0. The molecule has 0 bridgehead atoms. The minimum Gasteiger partial charge on any atom is -0.358 e. The molecule has 0 aromatic carbocycles. The molecule has 0 aliphatic heterocycles. The van der Waals surface area contributed by atoms with Gasteiger partial charge in [-0.15, -0.1) is 37.0 Å². The summed E-state index contributed by atoms with van der Waals surface area (Å²) in [4.78, 5) is 0. The van der Waals surface area contributed by atoms with E-state index in [-0.39, 0.29) is 87.9 Å². The second-order valence-electron chi connectivity index (χ2n) is 3.62. The third kappa shape index (κ3) is 345000. The summed E-state index contributed by atoms with van der Waals surface area (Å²) in [7, 11) is 0. The molecule has 0 nitrogen and oxygen atoms in total. The summed E-state index contributed by atoms with van der Waals surface area (Å²) in [6.07, 6.45) is 17.6. The van der Waals surface area contributed by atoms with Gasteiger partial charge < -0.3 is 29.7 Å². The van der Waals surface area contributed by atoms with Crippen LogP contribution in [0.4, 0.5) is 0 Å². The molecule has 262 valence electrons. The van der Waals surface area contributed by atoms with E-state index < -0.39 is 0 Å². The molecule has 0 atom stereocenters. The van der Waals surface area contributed by atoms with E-state index in [9.17, 15) is 0 Å². The number of hydrogen-bond donors (Lipinski definition) is 0. The maximum Gasteiger partial charge on any atom is 4.00 e. The normalized spacial score (nSPS) is 3.08. The molecule has 0 unspecified atom stereocenters. The molecule has 0 aliphatic rings. The van der Waals surface area contributed by atoms with Gasteiger partial charge in [0.2, 0.25) is 0 Å². The van der Waals surface area contributed by atoms with Crippen molar-refractivity contribution in [2.75, 3.05) is 0 Å². The number of terminal acetylenes is 2. The van der Waals surface area contributed by atoms with Crippen molar-refractivity contribution in [2.45, 2.75) is 194 Å². The quantitative estimate of drug-likeness (QED) is 0.171. The molecule has 0 aromatic heterocycles. The predicted molar refractivity (Wildman–Crippen MR) is 212 cm³/mol. The molecule has 0 aliphatic carbocycles. The van der Waals surface area contributed by atoms with Crippen LogP contribution in [0.15, 0.2) is 0 Å². The van der Waals surface area contributed by atoms with Gasteiger partial charge in [-0.1, -0.05) is 174 Å². The van der Waals surface area contributed by atoms with Gasteiger partial charge in [-0.25, -0.2) is 0 Å². The monoisotopic (exact) mass is 752 g/mol. The van der Waals surface area contributed by atoms with Gasteiger partial charge in [0.05, 0.1) is 0 Å². The summed E-state index contributed by atoms with van der Waals surface area (Å²) < 4.78 is 0. The van der Waals surface area contributed by atoms with E-state index in [0.717, 1.165) is 0 Å². The van der Waals surface area contributed by atoms with Crippen LogP contribution in [0, 0.1) is 66.7 Å². The molecule has 1 heteroatoms. The summed E-state index contributed by atoms with van der Waals surface area (Å²) in [6.45, 7) is 38.3. The van der Waals surface area contributed by atoms with Crippen molar-refractivity contribution >= 4 is 0 Å². The topological polar surface area (TPSA) is 0 Å². The average molecular weight is 752 g/mol. The van der Waals surface area contributed by atoms with Crippen molar-refractivity contribution in [3.8, 4) is 37.0 Å². The van der Waals surface area contributed by atoms with Crippen LogP contribution in [-0.4, -0.2) is 0 Å². The van der Waals surface area contributed by atoms with E-state index in [1.54, 1.807) is 6.92 Å². The number of rotatable bonds is 0. The molecule has 39 heavy (non-hydrogen) atoms. The molecule has 0 saturated carbocycles. The fraction of sp³-hybridized carbons (Fsp3) is 0.737. The zero-order chi connectivity index (χ0) is 26.9. The van der Waals surface area contributed by atoms with Crippen molar-refractivity contribution in [1.82, 2.24) is 0 Å². The van der Waals surface area contributed by atoms with Crippen molar-refractivity contribution in [1.29, 1.82) is 0 Å². The third-order valence-electron chi connectivity index (χ3n) is 0.250. The van der Waals surface area contributed by atoms with E-state index >= 15 is 0 Å². The van der Waals surface area contributed by atoms with Crippen molar-refractivity contribution < 1.29 is 21.1 Å². The van der Waals surface area contributed by atoms with Gasteiger partial charge in [0, 0.05) is 0 Å². The molecule has 0 spiro atoms. The summed E-state index contributed by atoms with van der Waals surface area (Å²) in [5, 5.41) is 0. The molecular weight excluding hydrogens is 651 g/mol. The van der Waals surface area contributed by atoms with Crippen LogP contribution in [0.3, 0.4) is 0 Å². The summed E-state index contributed by atoms with van der Waals surface area (Å²) in [6, 6.07) is 0. The first kappa shape index (κ1) is 178. The Balaban J connectivity index is -0.00000000472. The largest absolute Gasteiger partial charge is 4.00 e. The zero-order valence-corrected chi connectivity index (χ0v) is 31.6. The fourth-order valence-electron chi connectivity index (χ4n) is 0. The van der Waals surface area contributed by atoms with Crippen LogP contribution in [0.5, 0.6) is 0 Å². The Labute approximate surface area is 281 Å². The second-order valence-corrected chi connectivity index (χ2v) is 3.62. The Bertz CT molecular complexity index is 160. The minimum absolute atomic E-state index is 0. The van der Waals surface area contributed by atoms with Crippen LogP contribution >= 0.6 is 0 Å². The first-order chi connectivity index (χ1) is 14.0. The fourth-order valence-corrected chi connectivity index (χ4v) is 0. The molecule has 0 fully saturated rings. The summed E-state index contributed by atoms with van der Waals surface area (Å²) >= 11 is 0. The molecule has 0 heterocycles. The maximum atomic E-state index is 4.60. The average Bonchev–Trinajstić information content (AvgIpc) is 2.78. The van der Waals surface area contributed by atoms with E-state index in [1.807, 2.05) is 69.2 Å². The second kappa shape index (κ2) is 1220. The summed E-state index contributed by atoms with van der Waals surface area (Å²) in [5.74, 6) is 7.61. The third-order valence-corrected chi connectivity index (χ3v) is 0.250. The van der Waals surface area contributed by atoms with Crippen LogP contribution < -0.4 is 0 Å². The zero-order valence-electron chi connectivity index (χ0n) is 29.4. The molecule has 0 aromatic rings.